The van der Waals surface area contributed by atoms with Crippen molar-refractivity contribution in [3.05, 3.63) is 84.6 Å². The van der Waals surface area contributed by atoms with Gasteiger partial charge in [-0.1, -0.05) is 15.9 Å². The molecule has 276 valence electrons. The van der Waals surface area contributed by atoms with Gasteiger partial charge in [0.15, 0.2) is 9.21 Å². The highest BCUT2D eigenvalue weighted by Crippen LogP contribution is 2.32. The van der Waals surface area contributed by atoms with E-state index in [1.165, 1.54) is 9.36 Å². The zero-order valence-electron chi connectivity index (χ0n) is 25.9. The third-order valence-electron chi connectivity index (χ3n) is 5.28. The summed E-state index contributed by atoms with van der Waals surface area (Å²) < 4.78 is 8.47. The molecule has 0 aliphatic rings. The number of aryl methyl sites for hydroxylation is 3. The van der Waals surface area contributed by atoms with Crippen LogP contribution in [-0.2, 0) is 21.1 Å². The number of nitrogens with two attached hydrogens (primary N) is 1. The molecule has 5 aromatic rings. The van der Waals surface area contributed by atoms with Gasteiger partial charge in [-0.15, -0.1) is 0 Å². The maximum Gasteiger partial charge on any atom is 0.335 e. The van der Waals surface area contributed by atoms with Crippen molar-refractivity contribution < 1.29 is 14.8 Å². The summed E-state index contributed by atoms with van der Waals surface area (Å²) >= 11 is 27.4. The lowest BCUT2D eigenvalue weighted by Crippen LogP contribution is -1.94. The second kappa shape index (κ2) is 23.1. The van der Waals surface area contributed by atoms with E-state index in [2.05, 4.69) is 179 Å². The number of aromatic nitrogens is 10. The molecule has 0 saturated heterocycles. The second-order valence-electron chi connectivity index (χ2n) is 8.30. The van der Waals surface area contributed by atoms with Crippen LogP contribution in [-0.4, -0.2) is 70.3 Å². The maximum absolute atomic E-state index is 10.4. The zero-order valence-corrected chi connectivity index (χ0v) is 40.2. The Morgan fingerprint density at radius 1 is 0.640 bits per heavy atom. The van der Waals surface area contributed by atoms with Crippen LogP contribution in [0.5, 0.6) is 0 Å². The molecule has 29 heteroatoms. The lowest BCUT2D eigenvalue weighted by Gasteiger charge is -1.90. The van der Waals surface area contributed by atoms with Gasteiger partial charge >= 0.3 is 17.1 Å². The van der Waals surface area contributed by atoms with Gasteiger partial charge in [0, 0.05) is 21.1 Å². The van der Waals surface area contributed by atoms with Crippen LogP contribution in [0.15, 0.2) is 42.9 Å². The molecule has 0 unspecified atom stereocenters. The van der Waals surface area contributed by atoms with E-state index in [0.717, 1.165) is 25.1 Å². The van der Waals surface area contributed by atoms with E-state index in [1.54, 1.807) is 31.9 Å². The molecule has 0 fully saturated rings. The number of H-pyrrole nitrogens is 2. The maximum atomic E-state index is 10.4. The predicted octanol–water partition coefficient (Wildman–Crippen LogP) is 9.11. The first kappa shape index (κ1) is 48.4. The third-order valence-corrected chi connectivity index (χ3v) is 11.3. The summed E-state index contributed by atoms with van der Waals surface area (Å²) in [6.45, 7) is 3.58. The molecule has 0 aliphatic carbocycles. The van der Waals surface area contributed by atoms with Crippen LogP contribution < -0.4 is 5.73 Å². The van der Waals surface area contributed by atoms with Crippen molar-refractivity contribution in [1.29, 1.82) is 0 Å². The van der Waals surface area contributed by atoms with E-state index in [0.29, 0.717) is 10.3 Å². The van der Waals surface area contributed by atoms with Crippen molar-refractivity contribution in [3.63, 3.8) is 0 Å². The lowest BCUT2D eigenvalue weighted by molar-refractivity contribution is -0.386. The summed E-state index contributed by atoms with van der Waals surface area (Å²) in [5.41, 5.74) is 7.68. The van der Waals surface area contributed by atoms with Crippen LogP contribution in [0.25, 0.3) is 0 Å². The molecule has 0 aliphatic heterocycles. The van der Waals surface area contributed by atoms with Crippen molar-refractivity contribution in [3.8, 4) is 0 Å². The van der Waals surface area contributed by atoms with Gasteiger partial charge in [-0.05, 0) is 147 Å². The minimum Gasteiger partial charge on any atom is -0.396 e. The number of hydrogen-bond donors (Lipinski definition) is 3. The molecule has 0 aromatic carbocycles. The third kappa shape index (κ3) is 14.4. The number of nitrogen functional groups attached to an aromatic ring is 1. The fourth-order valence-electron chi connectivity index (χ4n) is 2.63. The highest BCUT2D eigenvalue weighted by atomic mass is 79.9. The number of alkyl halides is 1. The first-order valence-corrected chi connectivity index (χ1v) is 20.1. The molecule has 0 radical (unpaired) electrons. The normalized spacial score (nSPS) is 9.66. The van der Waals surface area contributed by atoms with Gasteiger partial charge in [0.05, 0.1) is 36.8 Å². The van der Waals surface area contributed by atoms with Crippen molar-refractivity contribution in [2.45, 2.75) is 13.8 Å². The molecule has 20 nitrogen and oxygen atoms in total. The topological polar surface area (TPSA) is 266 Å². The van der Waals surface area contributed by atoms with E-state index >= 15 is 0 Å². The molecule has 0 bridgehead atoms. The Kier molecular flexibility index (Phi) is 22.4. The number of nitrogens with one attached hydrogen (secondary N) is 2. The largest absolute Gasteiger partial charge is 0.396 e. The SMILES string of the molecule is Brc1n[nH]c(Br)c1Br.CBr.Cc1c(N)cnn1C.Cc1c([N+](=O)[O-])c(Br)nn1C.Cn1nc(Br)c([N+](=O)[O-])c1Br.O=[N+]([O-])c1c(Br)n[nH]c1Br. The van der Waals surface area contributed by atoms with E-state index in [4.69, 9.17) is 5.73 Å². The predicted molar refractivity (Wildman–Crippen MR) is 217 cm³/mol. The van der Waals surface area contributed by atoms with Crippen LogP contribution in [0.4, 0.5) is 22.7 Å². The van der Waals surface area contributed by atoms with Gasteiger partial charge in [-0.25, -0.2) is 0 Å². The van der Waals surface area contributed by atoms with Crippen molar-refractivity contribution >= 4 is 166 Å². The van der Waals surface area contributed by atoms with E-state index < -0.39 is 14.8 Å². The van der Waals surface area contributed by atoms with E-state index in [9.17, 15) is 30.3 Å². The molecule has 0 saturated carbocycles. The van der Waals surface area contributed by atoms with Crippen LogP contribution in [0.3, 0.4) is 0 Å². The molecule has 5 heterocycles. The number of nitro groups is 3. The summed E-state index contributed by atoms with van der Waals surface area (Å²) in [5.74, 6) is 1.81. The number of rotatable bonds is 3. The fraction of sp³-hybridized carbons (Fsp3) is 0.286. The van der Waals surface area contributed by atoms with Gasteiger partial charge in [0.25, 0.3) is 0 Å². The smallest absolute Gasteiger partial charge is 0.335 e. The Bertz CT molecular complexity index is 1740. The molecular formula is C21H23Br9N14O6. The van der Waals surface area contributed by atoms with Crippen LogP contribution in [0.2, 0.25) is 0 Å². The zero-order chi connectivity index (χ0) is 39.2. The van der Waals surface area contributed by atoms with Gasteiger partial charge in [0.1, 0.15) is 14.9 Å². The average Bonchev–Trinajstić information content (AvgIpc) is 3.78. The monoisotopic (exact) mass is 1280 g/mol. The average molecular weight is 1290 g/mol. The molecule has 4 N–H and O–H groups in total. The molecular weight excluding hydrogens is 1260 g/mol. The van der Waals surface area contributed by atoms with Gasteiger partial charge in [0.2, 0.25) is 13.8 Å². The second-order valence-corrected chi connectivity index (χ2v) is 14.4. The minimum atomic E-state index is -0.530. The quantitative estimate of drug-likeness (QED) is 0.0867. The number of aromatic amines is 2. The van der Waals surface area contributed by atoms with E-state index in [-0.39, 0.29) is 35.5 Å². The van der Waals surface area contributed by atoms with Gasteiger partial charge < -0.3 is 5.73 Å². The number of anilines is 1. The first-order valence-electron chi connectivity index (χ1n) is 12.2. The Labute approximate surface area is 358 Å². The summed E-state index contributed by atoms with van der Waals surface area (Å²) in [6, 6.07) is 0. The Hall–Kier alpha value is -1.63. The Morgan fingerprint density at radius 2 is 1.08 bits per heavy atom. The molecule has 0 spiro atoms. The number of nitrogens with zero attached hydrogens (tertiary/aromatic N) is 11. The molecule has 50 heavy (non-hydrogen) atoms. The van der Waals surface area contributed by atoms with Crippen molar-refractivity contribution in [2.24, 2.45) is 21.1 Å². The van der Waals surface area contributed by atoms with Crippen LogP contribution in [0, 0.1) is 44.2 Å². The van der Waals surface area contributed by atoms with Crippen LogP contribution >= 0.6 is 143 Å². The minimum absolute atomic E-state index is 0.0347. The number of hydrogen-bond acceptors (Lipinski definition) is 12. The summed E-state index contributed by atoms with van der Waals surface area (Å²) in [4.78, 5) is 29.4. The number of halogens is 9. The lowest BCUT2D eigenvalue weighted by atomic mass is 10.4. The fourth-order valence-corrected chi connectivity index (χ4v) is 6.67. The molecule has 5 rings (SSSR count). The molecule has 5 aromatic heterocycles. The highest BCUT2D eigenvalue weighted by molar-refractivity contribution is 9.14. The van der Waals surface area contributed by atoms with Gasteiger partial charge in [-0.3, -0.25) is 54.6 Å². The van der Waals surface area contributed by atoms with E-state index in [1.807, 2.05) is 19.8 Å². The van der Waals surface area contributed by atoms with Crippen LogP contribution in [0.1, 0.15) is 11.4 Å². The molecule has 0 amide bonds. The Balaban J connectivity index is 0.000000596. The first-order chi connectivity index (χ1) is 23.1. The summed E-state index contributed by atoms with van der Waals surface area (Å²) in [6.07, 6.45) is 1.65. The highest BCUT2D eigenvalue weighted by Gasteiger charge is 2.23. The molecule has 0 atom stereocenters. The van der Waals surface area contributed by atoms with Crippen molar-refractivity contribution in [1.82, 2.24) is 49.7 Å². The summed E-state index contributed by atoms with van der Waals surface area (Å²) in [5, 5.41) is 54.9. The van der Waals surface area contributed by atoms with Crippen molar-refractivity contribution in [2.75, 3.05) is 11.6 Å². The Morgan fingerprint density at radius 3 is 1.24 bits per heavy atom. The standard InChI is InChI=1S/C5H6BrN3O2.C5H9N3.C4H3Br2N3O2.C3HBr3N2.C3HBr2N3O2.CH3Br/c1-3-4(9(10)11)5(6)7-8(3)2;1-4-5(6)3-7-8(4)2;1-8-4(6)2(9(10)11)3(5)7-8;4-1-2(5)7-8-3(1)6;4-2-1(8(9)10)3(5)7-6-2;1-2/h1-2H3;3H,6H2,1-2H3;1H3;(H,7,8);(H,6,7);1H3. The van der Waals surface area contributed by atoms with Gasteiger partial charge in [-0.2, -0.15) is 25.5 Å². The summed E-state index contributed by atoms with van der Waals surface area (Å²) in [7, 11) is 5.14.